The molecule has 1 unspecified atom stereocenters. The Balaban J connectivity index is 1.79. The molecular weight excluding hydrogens is 134 g/mol. The van der Waals surface area contributed by atoms with Crippen LogP contribution in [0.5, 0.6) is 0 Å². The SMILES string of the molecule is CC(N)CC1CC2CC(C1)C2. The van der Waals surface area contributed by atoms with Crippen LogP contribution in [0, 0.1) is 17.8 Å². The highest BCUT2D eigenvalue weighted by atomic mass is 14.6. The smallest absolute Gasteiger partial charge is 0.00131 e. The second kappa shape index (κ2) is 2.78. The standard InChI is InChI=1S/C10H19N/c1-7(11)2-8-3-9-5-10(4-8)6-9/h7-10H,2-6,11H2,1H3. The van der Waals surface area contributed by atoms with Crippen molar-refractivity contribution >= 4 is 0 Å². The van der Waals surface area contributed by atoms with Crippen LogP contribution in [0.15, 0.2) is 0 Å². The van der Waals surface area contributed by atoms with Crippen LogP contribution in [-0.2, 0) is 0 Å². The Bertz CT molecular complexity index is 123. The molecule has 3 aliphatic carbocycles. The first-order valence-corrected chi connectivity index (χ1v) is 4.99. The summed E-state index contributed by atoms with van der Waals surface area (Å²) in [7, 11) is 0. The van der Waals surface area contributed by atoms with Gasteiger partial charge in [-0.15, -0.1) is 0 Å². The highest BCUT2D eigenvalue weighted by Gasteiger charge is 2.37. The molecule has 3 saturated carbocycles. The van der Waals surface area contributed by atoms with E-state index in [-0.39, 0.29) is 0 Å². The zero-order valence-electron chi connectivity index (χ0n) is 7.42. The van der Waals surface area contributed by atoms with Crippen LogP contribution in [0.2, 0.25) is 0 Å². The van der Waals surface area contributed by atoms with Crippen molar-refractivity contribution in [3.05, 3.63) is 0 Å². The van der Waals surface area contributed by atoms with Gasteiger partial charge in [0.1, 0.15) is 0 Å². The molecule has 0 spiro atoms. The van der Waals surface area contributed by atoms with E-state index in [1.807, 2.05) is 0 Å². The Morgan fingerprint density at radius 2 is 1.73 bits per heavy atom. The van der Waals surface area contributed by atoms with Crippen molar-refractivity contribution in [1.29, 1.82) is 0 Å². The predicted molar refractivity (Wildman–Crippen MR) is 47.2 cm³/mol. The van der Waals surface area contributed by atoms with E-state index in [0.29, 0.717) is 6.04 Å². The second-order valence-corrected chi connectivity index (χ2v) is 4.75. The van der Waals surface area contributed by atoms with Crippen LogP contribution in [0.4, 0.5) is 0 Å². The van der Waals surface area contributed by atoms with Crippen molar-refractivity contribution in [3.63, 3.8) is 0 Å². The maximum atomic E-state index is 5.78. The number of nitrogens with two attached hydrogens (primary N) is 1. The molecule has 0 heterocycles. The second-order valence-electron chi connectivity index (χ2n) is 4.75. The van der Waals surface area contributed by atoms with E-state index in [1.165, 1.54) is 32.1 Å². The first kappa shape index (κ1) is 7.60. The van der Waals surface area contributed by atoms with Gasteiger partial charge in [-0.2, -0.15) is 0 Å². The molecule has 0 aromatic heterocycles. The Kier molecular flexibility index (Phi) is 1.92. The summed E-state index contributed by atoms with van der Waals surface area (Å²) in [5.41, 5.74) is 5.78. The van der Waals surface area contributed by atoms with Gasteiger partial charge in [0.15, 0.2) is 0 Å². The fourth-order valence-corrected chi connectivity index (χ4v) is 3.02. The number of fused-ring (bicyclic) bond motifs is 2. The maximum Gasteiger partial charge on any atom is 0.00131 e. The summed E-state index contributed by atoms with van der Waals surface area (Å²) in [4.78, 5) is 0. The fraction of sp³-hybridized carbons (Fsp3) is 1.00. The Labute approximate surface area is 69.4 Å². The van der Waals surface area contributed by atoms with Gasteiger partial charge in [-0.3, -0.25) is 0 Å². The zero-order valence-corrected chi connectivity index (χ0v) is 7.42. The quantitative estimate of drug-likeness (QED) is 0.646. The molecule has 11 heavy (non-hydrogen) atoms. The summed E-state index contributed by atoms with van der Waals surface area (Å²) in [6, 6.07) is 0.428. The van der Waals surface area contributed by atoms with E-state index in [1.54, 1.807) is 0 Å². The lowest BCUT2D eigenvalue weighted by molar-refractivity contribution is 0.0613. The number of hydrogen-bond donors (Lipinski definition) is 1. The summed E-state index contributed by atoms with van der Waals surface area (Å²) in [6.07, 6.45) is 7.31. The lowest BCUT2D eigenvalue weighted by atomic mass is 9.60. The van der Waals surface area contributed by atoms with E-state index in [0.717, 1.165) is 17.8 Å². The van der Waals surface area contributed by atoms with Gasteiger partial charge in [0.2, 0.25) is 0 Å². The predicted octanol–water partition coefficient (Wildman–Crippen LogP) is 2.16. The van der Waals surface area contributed by atoms with Gasteiger partial charge in [0, 0.05) is 6.04 Å². The van der Waals surface area contributed by atoms with E-state index in [2.05, 4.69) is 6.92 Å². The summed E-state index contributed by atoms with van der Waals surface area (Å²) in [6.45, 7) is 2.14. The van der Waals surface area contributed by atoms with Gasteiger partial charge in [-0.1, -0.05) is 0 Å². The summed E-state index contributed by atoms with van der Waals surface area (Å²) < 4.78 is 0. The lowest BCUT2D eigenvalue weighted by Crippen LogP contribution is -2.36. The molecule has 0 aromatic rings. The van der Waals surface area contributed by atoms with Crippen molar-refractivity contribution in [2.75, 3.05) is 0 Å². The van der Waals surface area contributed by atoms with Crippen molar-refractivity contribution < 1.29 is 0 Å². The van der Waals surface area contributed by atoms with E-state index in [4.69, 9.17) is 5.73 Å². The molecule has 0 amide bonds. The van der Waals surface area contributed by atoms with E-state index in [9.17, 15) is 0 Å². The van der Waals surface area contributed by atoms with E-state index < -0.39 is 0 Å². The van der Waals surface area contributed by atoms with Gasteiger partial charge in [0.05, 0.1) is 0 Å². The largest absolute Gasteiger partial charge is 0.328 e. The number of hydrogen-bond acceptors (Lipinski definition) is 1. The normalized spacial score (nSPS) is 44.7. The molecule has 0 saturated heterocycles. The minimum absolute atomic E-state index is 0.428. The molecule has 1 heteroatoms. The van der Waals surface area contributed by atoms with Gasteiger partial charge in [0.25, 0.3) is 0 Å². The molecule has 1 nitrogen and oxygen atoms in total. The summed E-state index contributed by atoms with van der Waals surface area (Å²) in [5, 5.41) is 0. The monoisotopic (exact) mass is 153 g/mol. The van der Waals surface area contributed by atoms with Crippen LogP contribution in [-0.4, -0.2) is 6.04 Å². The molecular formula is C10H19N. The average Bonchev–Trinajstić information content (AvgIpc) is 1.83. The van der Waals surface area contributed by atoms with Crippen molar-refractivity contribution in [2.45, 2.75) is 45.1 Å². The first-order chi connectivity index (χ1) is 5.24. The summed E-state index contributed by atoms with van der Waals surface area (Å²) in [5.74, 6) is 3.17. The molecule has 64 valence electrons. The van der Waals surface area contributed by atoms with Crippen molar-refractivity contribution in [3.8, 4) is 0 Å². The van der Waals surface area contributed by atoms with Crippen LogP contribution < -0.4 is 5.73 Å². The molecule has 1 atom stereocenters. The highest BCUT2D eigenvalue weighted by molar-refractivity contribution is 4.89. The highest BCUT2D eigenvalue weighted by Crippen LogP contribution is 2.49. The van der Waals surface area contributed by atoms with Crippen LogP contribution >= 0.6 is 0 Å². The molecule has 3 fully saturated rings. The van der Waals surface area contributed by atoms with Crippen molar-refractivity contribution in [1.82, 2.24) is 0 Å². The third kappa shape index (κ3) is 1.58. The Morgan fingerprint density at radius 3 is 2.18 bits per heavy atom. The average molecular weight is 153 g/mol. The topological polar surface area (TPSA) is 26.0 Å². The zero-order chi connectivity index (χ0) is 7.84. The fourth-order valence-electron chi connectivity index (χ4n) is 3.02. The van der Waals surface area contributed by atoms with Gasteiger partial charge in [-0.05, 0) is 56.8 Å². The Morgan fingerprint density at radius 1 is 1.18 bits per heavy atom. The van der Waals surface area contributed by atoms with Gasteiger partial charge in [-0.25, -0.2) is 0 Å². The Hall–Kier alpha value is -0.0400. The molecule has 3 rings (SSSR count). The van der Waals surface area contributed by atoms with E-state index >= 15 is 0 Å². The minimum Gasteiger partial charge on any atom is -0.328 e. The number of rotatable bonds is 2. The first-order valence-electron chi connectivity index (χ1n) is 4.99. The third-order valence-corrected chi connectivity index (χ3v) is 3.37. The molecule has 2 bridgehead atoms. The molecule has 2 N–H and O–H groups in total. The maximum absolute atomic E-state index is 5.78. The molecule has 3 aliphatic rings. The van der Waals surface area contributed by atoms with Crippen LogP contribution in [0.25, 0.3) is 0 Å². The summed E-state index contributed by atoms with van der Waals surface area (Å²) >= 11 is 0. The van der Waals surface area contributed by atoms with Crippen LogP contribution in [0.3, 0.4) is 0 Å². The molecule has 0 radical (unpaired) electrons. The van der Waals surface area contributed by atoms with Crippen molar-refractivity contribution in [2.24, 2.45) is 23.5 Å². The minimum atomic E-state index is 0.428. The van der Waals surface area contributed by atoms with Crippen LogP contribution in [0.1, 0.15) is 39.0 Å². The molecule has 0 aromatic carbocycles. The van der Waals surface area contributed by atoms with Gasteiger partial charge < -0.3 is 5.73 Å². The lowest BCUT2D eigenvalue weighted by Gasteiger charge is -2.45. The molecule has 0 aliphatic heterocycles. The van der Waals surface area contributed by atoms with Gasteiger partial charge >= 0.3 is 0 Å². The third-order valence-electron chi connectivity index (χ3n) is 3.37.